The molecule has 3 aromatic rings. The minimum absolute atomic E-state index is 0.0598. The van der Waals surface area contributed by atoms with Crippen LogP contribution in [0, 0.1) is 0 Å². The standard InChI is InChI=1S/C24H27N3O2/c1-3-16-27(21-13-8-5-9-14-21)24(28)19-26(2)17-10-15-22-18-23(25-29-22)20-11-6-4-7-12-20/h3-9,11-14,18H,1,10,15-17,19H2,2H3. The summed E-state index contributed by atoms with van der Waals surface area (Å²) in [6, 6.07) is 21.7. The first-order chi connectivity index (χ1) is 14.2. The monoisotopic (exact) mass is 389 g/mol. The Balaban J connectivity index is 1.48. The molecule has 0 saturated carbocycles. The molecule has 0 spiro atoms. The van der Waals surface area contributed by atoms with Gasteiger partial charge in [-0.25, -0.2) is 0 Å². The summed E-state index contributed by atoms with van der Waals surface area (Å²) in [5, 5.41) is 4.15. The van der Waals surface area contributed by atoms with Gasteiger partial charge in [0, 0.05) is 30.3 Å². The molecule has 29 heavy (non-hydrogen) atoms. The number of likely N-dealkylation sites (N-methyl/N-ethyl adjacent to an activating group) is 1. The molecule has 0 aliphatic heterocycles. The second-order valence-electron chi connectivity index (χ2n) is 7.01. The smallest absolute Gasteiger partial charge is 0.241 e. The molecule has 2 aromatic carbocycles. The van der Waals surface area contributed by atoms with E-state index < -0.39 is 0 Å². The minimum Gasteiger partial charge on any atom is -0.361 e. The van der Waals surface area contributed by atoms with Crippen LogP contribution in [0.25, 0.3) is 11.3 Å². The van der Waals surface area contributed by atoms with Crippen LogP contribution in [0.1, 0.15) is 12.2 Å². The van der Waals surface area contributed by atoms with Crippen LogP contribution in [0.5, 0.6) is 0 Å². The molecular formula is C24H27N3O2. The average molecular weight is 389 g/mol. The van der Waals surface area contributed by atoms with E-state index in [4.69, 9.17) is 4.52 Å². The quantitative estimate of drug-likeness (QED) is 0.482. The third kappa shape index (κ3) is 5.90. The third-order valence-corrected chi connectivity index (χ3v) is 4.68. The zero-order valence-electron chi connectivity index (χ0n) is 16.8. The van der Waals surface area contributed by atoms with Gasteiger partial charge in [0.05, 0.1) is 6.54 Å². The molecular weight excluding hydrogens is 362 g/mol. The van der Waals surface area contributed by atoms with Crippen LogP contribution in [-0.4, -0.2) is 42.6 Å². The number of para-hydroxylation sites is 1. The minimum atomic E-state index is 0.0598. The lowest BCUT2D eigenvalue weighted by Crippen LogP contribution is -2.39. The number of aromatic nitrogens is 1. The topological polar surface area (TPSA) is 49.6 Å². The van der Waals surface area contributed by atoms with Gasteiger partial charge in [0.15, 0.2) is 0 Å². The van der Waals surface area contributed by atoms with Crippen molar-refractivity contribution < 1.29 is 9.32 Å². The zero-order chi connectivity index (χ0) is 20.5. The van der Waals surface area contributed by atoms with Gasteiger partial charge in [-0.05, 0) is 32.1 Å². The second kappa shape index (κ2) is 10.4. The van der Waals surface area contributed by atoms with Crippen LogP contribution in [0.3, 0.4) is 0 Å². The molecule has 0 atom stereocenters. The number of anilines is 1. The lowest BCUT2D eigenvalue weighted by molar-refractivity contribution is -0.119. The van der Waals surface area contributed by atoms with Gasteiger partial charge in [-0.3, -0.25) is 9.69 Å². The van der Waals surface area contributed by atoms with Crippen molar-refractivity contribution in [3.8, 4) is 11.3 Å². The van der Waals surface area contributed by atoms with Crippen molar-refractivity contribution in [1.82, 2.24) is 10.1 Å². The molecule has 0 aliphatic carbocycles. The van der Waals surface area contributed by atoms with Crippen molar-refractivity contribution in [3.63, 3.8) is 0 Å². The van der Waals surface area contributed by atoms with E-state index in [0.29, 0.717) is 13.1 Å². The van der Waals surface area contributed by atoms with E-state index >= 15 is 0 Å². The van der Waals surface area contributed by atoms with Crippen LogP contribution >= 0.6 is 0 Å². The van der Waals surface area contributed by atoms with Crippen LogP contribution in [0.15, 0.2) is 83.9 Å². The Hall–Kier alpha value is -3.18. The van der Waals surface area contributed by atoms with Gasteiger partial charge in [0.25, 0.3) is 0 Å². The fourth-order valence-electron chi connectivity index (χ4n) is 3.18. The fraction of sp³-hybridized carbons (Fsp3) is 0.250. The highest BCUT2D eigenvalue weighted by Crippen LogP contribution is 2.19. The molecule has 0 fully saturated rings. The predicted octanol–water partition coefficient (Wildman–Crippen LogP) is 4.43. The lowest BCUT2D eigenvalue weighted by atomic mass is 10.1. The van der Waals surface area contributed by atoms with Crippen molar-refractivity contribution in [2.45, 2.75) is 12.8 Å². The number of rotatable bonds is 10. The van der Waals surface area contributed by atoms with E-state index in [1.807, 2.05) is 78.7 Å². The highest BCUT2D eigenvalue weighted by Gasteiger charge is 2.16. The first kappa shape index (κ1) is 20.6. The summed E-state index contributed by atoms with van der Waals surface area (Å²) >= 11 is 0. The Kier molecular flexibility index (Phi) is 7.36. The summed E-state index contributed by atoms with van der Waals surface area (Å²) in [5.41, 5.74) is 2.79. The van der Waals surface area contributed by atoms with E-state index in [1.165, 1.54) is 0 Å². The van der Waals surface area contributed by atoms with Crippen LogP contribution in [0.2, 0.25) is 0 Å². The van der Waals surface area contributed by atoms with Crippen LogP contribution < -0.4 is 4.90 Å². The molecule has 5 nitrogen and oxygen atoms in total. The molecule has 1 amide bonds. The Morgan fingerprint density at radius 2 is 1.79 bits per heavy atom. The molecule has 0 unspecified atom stereocenters. The average Bonchev–Trinajstić information content (AvgIpc) is 3.22. The summed E-state index contributed by atoms with van der Waals surface area (Å²) < 4.78 is 5.46. The van der Waals surface area contributed by atoms with Gasteiger partial charge in [-0.2, -0.15) is 0 Å². The highest BCUT2D eigenvalue weighted by atomic mass is 16.5. The number of hydrogen-bond acceptors (Lipinski definition) is 4. The fourth-order valence-corrected chi connectivity index (χ4v) is 3.18. The van der Waals surface area contributed by atoms with Crippen molar-refractivity contribution in [3.05, 3.63) is 85.1 Å². The van der Waals surface area contributed by atoms with Crippen LogP contribution in [0.4, 0.5) is 5.69 Å². The number of carbonyl (C=O) groups is 1. The summed E-state index contributed by atoms with van der Waals surface area (Å²) in [4.78, 5) is 16.5. The van der Waals surface area contributed by atoms with Crippen molar-refractivity contribution in [2.24, 2.45) is 0 Å². The summed E-state index contributed by atoms with van der Waals surface area (Å²) in [6.07, 6.45) is 3.42. The van der Waals surface area contributed by atoms with Gasteiger partial charge in [0.1, 0.15) is 11.5 Å². The van der Waals surface area contributed by atoms with Crippen molar-refractivity contribution in [2.75, 3.05) is 31.6 Å². The maximum Gasteiger partial charge on any atom is 0.241 e. The normalized spacial score (nSPS) is 10.8. The first-order valence-corrected chi connectivity index (χ1v) is 9.83. The molecule has 0 bridgehead atoms. The molecule has 3 rings (SSSR count). The first-order valence-electron chi connectivity index (χ1n) is 9.83. The van der Waals surface area contributed by atoms with Gasteiger partial charge < -0.3 is 9.42 Å². The maximum absolute atomic E-state index is 12.7. The molecule has 0 radical (unpaired) electrons. The Labute approximate surface area is 172 Å². The zero-order valence-corrected chi connectivity index (χ0v) is 16.8. The largest absolute Gasteiger partial charge is 0.361 e. The molecule has 5 heteroatoms. The maximum atomic E-state index is 12.7. The second-order valence-corrected chi connectivity index (χ2v) is 7.01. The van der Waals surface area contributed by atoms with Gasteiger partial charge >= 0.3 is 0 Å². The highest BCUT2D eigenvalue weighted by molar-refractivity contribution is 5.95. The number of nitrogens with zero attached hydrogens (tertiary/aromatic N) is 3. The molecule has 0 aliphatic rings. The SMILES string of the molecule is C=CCN(C(=O)CN(C)CCCc1cc(-c2ccccc2)no1)c1ccccc1. The Morgan fingerprint density at radius 3 is 2.48 bits per heavy atom. The van der Waals surface area contributed by atoms with E-state index in [0.717, 1.165) is 42.1 Å². The number of amides is 1. The lowest BCUT2D eigenvalue weighted by Gasteiger charge is -2.24. The Bertz CT molecular complexity index is 906. The van der Waals surface area contributed by atoms with E-state index in [9.17, 15) is 4.79 Å². The number of benzene rings is 2. The summed E-state index contributed by atoms with van der Waals surface area (Å²) in [6.45, 7) is 5.42. The van der Waals surface area contributed by atoms with Gasteiger partial charge in [0.2, 0.25) is 5.91 Å². The van der Waals surface area contributed by atoms with Crippen molar-refractivity contribution in [1.29, 1.82) is 0 Å². The third-order valence-electron chi connectivity index (χ3n) is 4.68. The molecule has 0 N–H and O–H groups in total. The molecule has 1 heterocycles. The van der Waals surface area contributed by atoms with Crippen molar-refractivity contribution >= 4 is 11.6 Å². The number of hydrogen-bond donors (Lipinski definition) is 0. The number of aryl methyl sites for hydroxylation is 1. The van der Waals surface area contributed by atoms with Gasteiger partial charge in [-0.1, -0.05) is 59.8 Å². The molecule has 150 valence electrons. The van der Waals surface area contributed by atoms with E-state index in [1.54, 1.807) is 11.0 Å². The Morgan fingerprint density at radius 1 is 1.10 bits per heavy atom. The van der Waals surface area contributed by atoms with E-state index in [2.05, 4.69) is 11.7 Å². The summed E-state index contributed by atoms with van der Waals surface area (Å²) in [7, 11) is 1.96. The molecule has 1 aromatic heterocycles. The van der Waals surface area contributed by atoms with E-state index in [-0.39, 0.29) is 5.91 Å². The predicted molar refractivity (Wildman–Crippen MR) is 117 cm³/mol. The summed E-state index contributed by atoms with van der Waals surface area (Å²) in [5.74, 6) is 0.922. The number of carbonyl (C=O) groups excluding carboxylic acids is 1. The van der Waals surface area contributed by atoms with Gasteiger partial charge in [-0.15, -0.1) is 6.58 Å². The van der Waals surface area contributed by atoms with Crippen LogP contribution in [-0.2, 0) is 11.2 Å². The molecule has 0 saturated heterocycles.